The van der Waals surface area contributed by atoms with Crippen molar-refractivity contribution < 1.29 is 0 Å². The number of terminal acetylenes is 1. The molecule has 1 heterocycles. The third-order valence-corrected chi connectivity index (χ3v) is 3.47. The Kier molecular flexibility index (Phi) is 4.05. The number of hydrogen-bond acceptors (Lipinski definition) is 1. The van der Waals surface area contributed by atoms with Crippen LogP contribution in [0, 0.1) is 12.3 Å². The van der Waals surface area contributed by atoms with E-state index in [1.54, 1.807) is 0 Å². The van der Waals surface area contributed by atoms with Gasteiger partial charge >= 0.3 is 0 Å². The van der Waals surface area contributed by atoms with Crippen molar-refractivity contribution in [2.45, 2.75) is 39.0 Å². The van der Waals surface area contributed by atoms with Crippen LogP contribution in [0.15, 0.2) is 12.1 Å². The summed E-state index contributed by atoms with van der Waals surface area (Å²) in [6.45, 7) is 4.41. The van der Waals surface area contributed by atoms with Gasteiger partial charge in [-0.05, 0) is 18.6 Å². The molecule has 1 unspecified atom stereocenters. The van der Waals surface area contributed by atoms with E-state index in [0.29, 0.717) is 5.92 Å². The molecule has 0 aromatic carbocycles. The molecule has 70 valence electrons. The molecule has 0 nitrogen and oxygen atoms in total. The Bertz CT molecular complexity index is 290. The Morgan fingerprint density at radius 3 is 2.92 bits per heavy atom. The van der Waals surface area contributed by atoms with Crippen LogP contribution >= 0.6 is 11.3 Å². The molecule has 1 atom stereocenters. The minimum absolute atomic E-state index is 0.528. The Labute approximate surface area is 85.0 Å². The molecule has 0 radical (unpaired) electrons. The van der Waals surface area contributed by atoms with E-state index < -0.39 is 0 Å². The molecule has 13 heavy (non-hydrogen) atoms. The van der Waals surface area contributed by atoms with E-state index in [4.69, 9.17) is 6.42 Å². The lowest BCUT2D eigenvalue weighted by molar-refractivity contribution is 0.815. The van der Waals surface area contributed by atoms with Crippen LogP contribution in [0.4, 0.5) is 0 Å². The molecule has 1 heteroatoms. The third-order valence-electron chi connectivity index (χ3n) is 2.09. The van der Waals surface area contributed by atoms with Crippen molar-refractivity contribution in [2.75, 3.05) is 0 Å². The molecule has 0 fully saturated rings. The molecule has 0 aliphatic rings. The predicted molar refractivity (Wildman–Crippen MR) is 60.2 cm³/mol. The summed E-state index contributed by atoms with van der Waals surface area (Å²) < 4.78 is 0. The lowest BCUT2D eigenvalue weighted by atomic mass is 10.1. The topological polar surface area (TPSA) is 0 Å². The molecule has 0 aliphatic carbocycles. The van der Waals surface area contributed by atoms with Crippen LogP contribution in [0.5, 0.6) is 0 Å². The van der Waals surface area contributed by atoms with Crippen LogP contribution in [0.2, 0.25) is 0 Å². The molecule has 0 N–H and O–H groups in total. The Morgan fingerprint density at radius 1 is 1.54 bits per heavy atom. The molecule has 1 aromatic rings. The summed E-state index contributed by atoms with van der Waals surface area (Å²) in [6, 6.07) is 4.45. The van der Waals surface area contributed by atoms with Crippen molar-refractivity contribution in [2.24, 2.45) is 0 Å². The monoisotopic (exact) mass is 192 g/mol. The summed E-state index contributed by atoms with van der Waals surface area (Å²) in [6.07, 6.45) is 8.57. The van der Waals surface area contributed by atoms with E-state index in [1.807, 2.05) is 11.3 Å². The Balaban J connectivity index is 2.63. The second-order valence-electron chi connectivity index (χ2n) is 3.36. The fourth-order valence-electron chi connectivity index (χ4n) is 1.32. The van der Waals surface area contributed by atoms with Crippen molar-refractivity contribution in [3.63, 3.8) is 0 Å². The normalized spacial score (nSPS) is 12.4. The lowest BCUT2D eigenvalue weighted by Gasteiger charge is -2.02. The van der Waals surface area contributed by atoms with Gasteiger partial charge in [0, 0.05) is 22.1 Å². The van der Waals surface area contributed by atoms with Gasteiger partial charge in [-0.3, -0.25) is 0 Å². The smallest absolute Gasteiger partial charge is 0.0160 e. The quantitative estimate of drug-likeness (QED) is 0.636. The second kappa shape index (κ2) is 5.09. The largest absolute Gasteiger partial charge is 0.145 e. The maximum Gasteiger partial charge on any atom is 0.0160 e. The van der Waals surface area contributed by atoms with Crippen molar-refractivity contribution in [1.82, 2.24) is 0 Å². The van der Waals surface area contributed by atoms with Crippen LogP contribution in [0.1, 0.15) is 42.4 Å². The minimum Gasteiger partial charge on any atom is -0.145 e. The maximum atomic E-state index is 5.29. The third kappa shape index (κ3) is 2.90. The highest BCUT2D eigenvalue weighted by molar-refractivity contribution is 7.12. The first-order valence-electron chi connectivity index (χ1n) is 4.80. The van der Waals surface area contributed by atoms with Gasteiger partial charge in [0.15, 0.2) is 0 Å². The second-order valence-corrected chi connectivity index (χ2v) is 4.56. The van der Waals surface area contributed by atoms with Crippen molar-refractivity contribution >= 4 is 11.3 Å². The summed E-state index contributed by atoms with van der Waals surface area (Å²) in [7, 11) is 0. The number of thiophene rings is 1. The first kappa shape index (κ1) is 10.3. The molecule has 0 amide bonds. The predicted octanol–water partition coefficient (Wildman–Crippen LogP) is 3.83. The zero-order chi connectivity index (χ0) is 9.68. The molecule has 1 aromatic heterocycles. The summed E-state index contributed by atoms with van der Waals surface area (Å²) in [5.74, 6) is 3.24. The van der Waals surface area contributed by atoms with E-state index in [-0.39, 0.29) is 0 Å². The van der Waals surface area contributed by atoms with E-state index in [0.717, 1.165) is 6.42 Å². The SMILES string of the molecule is C#CCC(C)c1ccc(CCC)s1. The van der Waals surface area contributed by atoms with Gasteiger partial charge < -0.3 is 0 Å². The molecule has 0 bridgehead atoms. The van der Waals surface area contributed by atoms with E-state index >= 15 is 0 Å². The van der Waals surface area contributed by atoms with Crippen LogP contribution in [0.3, 0.4) is 0 Å². The van der Waals surface area contributed by atoms with Gasteiger partial charge in [-0.15, -0.1) is 23.7 Å². The average molecular weight is 192 g/mol. The van der Waals surface area contributed by atoms with E-state index in [1.165, 1.54) is 22.6 Å². The van der Waals surface area contributed by atoms with Crippen molar-refractivity contribution in [3.8, 4) is 12.3 Å². The molecular formula is C12H16S. The maximum absolute atomic E-state index is 5.29. The van der Waals surface area contributed by atoms with Crippen molar-refractivity contribution in [1.29, 1.82) is 0 Å². The van der Waals surface area contributed by atoms with Crippen molar-refractivity contribution in [3.05, 3.63) is 21.9 Å². The lowest BCUT2D eigenvalue weighted by Crippen LogP contribution is -1.86. The van der Waals surface area contributed by atoms with Gasteiger partial charge in [0.25, 0.3) is 0 Å². The van der Waals surface area contributed by atoms with Crippen LogP contribution < -0.4 is 0 Å². The molecule has 0 spiro atoms. The Morgan fingerprint density at radius 2 is 2.31 bits per heavy atom. The van der Waals surface area contributed by atoms with Gasteiger partial charge in [-0.25, -0.2) is 0 Å². The molecule has 0 aliphatic heterocycles. The zero-order valence-electron chi connectivity index (χ0n) is 8.34. The van der Waals surface area contributed by atoms with Gasteiger partial charge in [0.2, 0.25) is 0 Å². The van der Waals surface area contributed by atoms with Crippen LogP contribution in [-0.2, 0) is 6.42 Å². The van der Waals surface area contributed by atoms with Gasteiger partial charge in [-0.1, -0.05) is 20.3 Å². The number of rotatable bonds is 4. The molecule has 0 saturated heterocycles. The highest BCUT2D eigenvalue weighted by Crippen LogP contribution is 2.27. The Hall–Kier alpha value is -0.740. The standard InChI is InChI=1S/C12H16S/c1-4-6-10(3)12-9-8-11(13-12)7-5-2/h1,8-10H,5-7H2,2-3H3. The number of aryl methyl sites for hydroxylation is 1. The summed E-state index contributed by atoms with van der Waals surface area (Å²) in [5.41, 5.74) is 0. The summed E-state index contributed by atoms with van der Waals surface area (Å²) >= 11 is 1.91. The minimum atomic E-state index is 0.528. The first-order chi connectivity index (χ1) is 6.27. The van der Waals surface area contributed by atoms with E-state index in [2.05, 4.69) is 31.9 Å². The number of hydrogen-bond donors (Lipinski definition) is 0. The average Bonchev–Trinajstić information content (AvgIpc) is 2.54. The van der Waals surface area contributed by atoms with Crippen LogP contribution in [-0.4, -0.2) is 0 Å². The van der Waals surface area contributed by atoms with Gasteiger partial charge in [0.1, 0.15) is 0 Å². The zero-order valence-corrected chi connectivity index (χ0v) is 9.16. The summed E-state index contributed by atoms with van der Waals surface area (Å²) in [5, 5.41) is 0. The first-order valence-corrected chi connectivity index (χ1v) is 5.61. The fourth-order valence-corrected chi connectivity index (χ4v) is 2.48. The van der Waals surface area contributed by atoms with E-state index in [9.17, 15) is 0 Å². The highest BCUT2D eigenvalue weighted by atomic mass is 32.1. The molecular weight excluding hydrogens is 176 g/mol. The summed E-state index contributed by atoms with van der Waals surface area (Å²) in [4.78, 5) is 2.92. The van der Waals surface area contributed by atoms with Crippen LogP contribution in [0.25, 0.3) is 0 Å². The molecule has 1 rings (SSSR count). The van der Waals surface area contributed by atoms with Gasteiger partial charge in [0.05, 0.1) is 0 Å². The highest BCUT2D eigenvalue weighted by Gasteiger charge is 2.06. The molecule has 0 saturated carbocycles. The fraction of sp³-hybridized carbons (Fsp3) is 0.500. The van der Waals surface area contributed by atoms with Gasteiger partial charge in [-0.2, -0.15) is 0 Å².